The molecule has 1 saturated heterocycles. The zero-order chi connectivity index (χ0) is 34.2. The van der Waals surface area contributed by atoms with Crippen LogP contribution in [0.25, 0.3) is 0 Å². The summed E-state index contributed by atoms with van der Waals surface area (Å²) >= 11 is 0. The number of Topliss-reactive ketones (excluding diaryl/α,β-unsaturated/α-hetero) is 1. The van der Waals surface area contributed by atoms with Crippen LogP contribution in [0.1, 0.15) is 31.4 Å². The van der Waals surface area contributed by atoms with E-state index in [2.05, 4.69) is 15.5 Å². The molecule has 12 heteroatoms. The molecule has 1 fully saturated rings. The van der Waals surface area contributed by atoms with E-state index in [1.54, 1.807) is 30.3 Å². The highest BCUT2D eigenvalue weighted by molar-refractivity contribution is 7.62. The van der Waals surface area contributed by atoms with Gasteiger partial charge in [-0.15, -0.1) is 0 Å². The quantitative estimate of drug-likeness (QED) is 0.187. The number of hydrogen-bond acceptors (Lipinski definition) is 9. The number of hydrogen-bond donors (Lipinski definition) is 2. The summed E-state index contributed by atoms with van der Waals surface area (Å²) in [5.74, 6) is -0.981. The van der Waals surface area contributed by atoms with Crippen LogP contribution in [-0.2, 0) is 45.7 Å². The SMILES string of the molecule is CC(C)C[C@H](NC(=O)OCc1ccccc1)C(=O)N[C@@H](Cc1ccccc1)C(=O)COP(=O)(OCCN1CCOCC1)c1ccccc1. The van der Waals surface area contributed by atoms with Gasteiger partial charge in [-0.25, -0.2) is 4.79 Å². The number of alkyl carbamates (subject to hydrolysis) is 1. The Balaban J connectivity index is 1.44. The molecular weight excluding hydrogens is 633 g/mol. The number of ether oxygens (including phenoxy) is 2. The molecule has 0 radical (unpaired) electrons. The first-order valence-electron chi connectivity index (χ1n) is 16.3. The van der Waals surface area contributed by atoms with E-state index in [4.69, 9.17) is 18.5 Å². The van der Waals surface area contributed by atoms with Gasteiger partial charge in [0.25, 0.3) is 0 Å². The lowest BCUT2D eigenvalue weighted by atomic mass is 10.00. The zero-order valence-corrected chi connectivity index (χ0v) is 28.5. The Morgan fingerprint density at radius 1 is 0.812 bits per heavy atom. The van der Waals surface area contributed by atoms with Crippen molar-refractivity contribution in [2.24, 2.45) is 5.92 Å². The van der Waals surface area contributed by atoms with E-state index in [9.17, 15) is 18.9 Å². The number of nitrogens with one attached hydrogen (secondary N) is 2. The van der Waals surface area contributed by atoms with Gasteiger partial charge in [-0.1, -0.05) is 92.7 Å². The third-order valence-corrected chi connectivity index (χ3v) is 9.66. The van der Waals surface area contributed by atoms with Crippen molar-refractivity contribution in [3.8, 4) is 0 Å². The Labute approximate surface area is 282 Å². The maximum atomic E-state index is 14.1. The van der Waals surface area contributed by atoms with Crippen molar-refractivity contribution in [1.29, 1.82) is 0 Å². The summed E-state index contributed by atoms with van der Waals surface area (Å²) in [6.07, 6.45) is -0.267. The molecular formula is C36H46N3O8P. The minimum absolute atomic E-state index is 0.0468. The van der Waals surface area contributed by atoms with Gasteiger partial charge < -0.3 is 24.6 Å². The van der Waals surface area contributed by atoms with Crippen LogP contribution < -0.4 is 15.9 Å². The van der Waals surface area contributed by atoms with Gasteiger partial charge in [0.2, 0.25) is 5.91 Å². The highest BCUT2D eigenvalue weighted by atomic mass is 31.2. The first kappa shape index (κ1) is 37.0. The Morgan fingerprint density at radius 2 is 1.42 bits per heavy atom. The molecule has 3 atom stereocenters. The number of nitrogens with zero attached hydrogens (tertiary/aromatic N) is 1. The van der Waals surface area contributed by atoms with Crippen molar-refractivity contribution in [2.45, 2.75) is 45.4 Å². The summed E-state index contributed by atoms with van der Waals surface area (Å²) in [6, 6.07) is 25.0. The van der Waals surface area contributed by atoms with E-state index in [0.29, 0.717) is 31.5 Å². The van der Waals surface area contributed by atoms with Crippen molar-refractivity contribution in [2.75, 3.05) is 46.1 Å². The minimum Gasteiger partial charge on any atom is -0.445 e. The molecule has 0 saturated carbocycles. The van der Waals surface area contributed by atoms with Crippen LogP contribution in [0.5, 0.6) is 0 Å². The molecule has 0 spiro atoms. The largest absolute Gasteiger partial charge is 0.445 e. The summed E-state index contributed by atoms with van der Waals surface area (Å²) < 4.78 is 36.6. The number of benzene rings is 3. The molecule has 11 nitrogen and oxygen atoms in total. The van der Waals surface area contributed by atoms with E-state index in [0.717, 1.165) is 24.2 Å². The fourth-order valence-electron chi connectivity index (χ4n) is 5.14. The molecule has 1 aliphatic heterocycles. The third kappa shape index (κ3) is 12.3. The minimum atomic E-state index is -3.90. The van der Waals surface area contributed by atoms with Crippen LogP contribution in [0.2, 0.25) is 0 Å². The van der Waals surface area contributed by atoms with Gasteiger partial charge in [0, 0.05) is 19.6 Å². The standard InChI is InChI=1S/C36H46N3O8P/c1-28(2)24-33(38-36(42)45-26-30-14-8-4-9-15-30)35(41)37-32(25-29-12-6-3-7-13-29)34(40)27-47-48(43,31-16-10-5-11-17-31)46-23-20-39-18-21-44-22-19-39/h3-17,28,32-33H,18-27H2,1-2H3,(H,37,41)(H,38,42)/t32-,33-,48?/m0/s1. The normalized spacial score (nSPS) is 16.0. The predicted octanol–water partition coefficient (Wildman–Crippen LogP) is 4.51. The van der Waals surface area contributed by atoms with E-state index < -0.39 is 44.1 Å². The fourth-order valence-corrected chi connectivity index (χ4v) is 6.67. The Kier molecular flexibility index (Phi) is 14.8. The highest BCUT2D eigenvalue weighted by Gasteiger charge is 2.32. The highest BCUT2D eigenvalue weighted by Crippen LogP contribution is 2.46. The molecule has 4 rings (SSSR count). The number of amides is 2. The Hall–Kier alpha value is -3.86. The molecule has 0 aliphatic carbocycles. The summed E-state index contributed by atoms with van der Waals surface area (Å²) in [6.45, 7) is 6.74. The average Bonchev–Trinajstić information content (AvgIpc) is 3.10. The van der Waals surface area contributed by atoms with Crippen LogP contribution >= 0.6 is 7.60 Å². The monoisotopic (exact) mass is 679 g/mol. The number of carbonyl (C=O) groups is 3. The van der Waals surface area contributed by atoms with Gasteiger partial charge in [-0.3, -0.25) is 23.6 Å². The lowest BCUT2D eigenvalue weighted by Gasteiger charge is -2.27. The second kappa shape index (κ2) is 19.2. The first-order valence-corrected chi connectivity index (χ1v) is 17.8. The molecule has 3 aromatic carbocycles. The van der Waals surface area contributed by atoms with Gasteiger partial charge in [0.1, 0.15) is 19.3 Å². The van der Waals surface area contributed by atoms with Crippen LogP contribution in [0.4, 0.5) is 4.79 Å². The van der Waals surface area contributed by atoms with Gasteiger partial charge in [-0.05, 0) is 42.0 Å². The average molecular weight is 680 g/mol. The molecule has 258 valence electrons. The number of rotatable bonds is 18. The number of carbonyl (C=O) groups excluding carboxylic acids is 3. The summed E-state index contributed by atoms with van der Waals surface area (Å²) in [5, 5.41) is 5.82. The maximum Gasteiger partial charge on any atom is 0.408 e. The van der Waals surface area contributed by atoms with E-state index in [1.165, 1.54) is 0 Å². The second-order valence-corrected chi connectivity index (χ2v) is 14.0. The maximum absolute atomic E-state index is 14.1. The molecule has 3 aromatic rings. The van der Waals surface area contributed by atoms with E-state index >= 15 is 0 Å². The lowest BCUT2D eigenvalue weighted by molar-refractivity contribution is -0.130. The molecule has 2 N–H and O–H groups in total. The van der Waals surface area contributed by atoms with E-state index in [-0.39, 0.29) is 25.6 Å². The van der Waals surface area contributed by atoms with Crippen LogP contribution in [0.3, 0.4) is 0 Å². The van der Waals surface area contributed by atoms with E-state index in [1.807, 2.05) is 74.5 Å². The van der Waals surface area contributed by atoms with Gasteiger partial charge in [-0.2, -0.15) is 0 Å². The van der Waals surface area contributed by atoms with Crippen molar-refractivity contribution >= 4 is 30.7 Å². The van der Waals surface area contributed by atoms with Crippen molar-refractivity contribution in [3.05, 3.63) is 102 Å². The topological polar surface area (TPSA) is 132 Å². The third-order valence-electron chi connectivity index (χ3n) is 7.74. The summed E-state index contributed by atoms with van der Waals surface area (Å²) in [4.78, 5) is 42.2. The summed E-state index contributed by atoms with van der Waals surface area (Å²) in [5.41, 5.74) is 1.61. The Bertz CT molecular complexity index is 1470. The molecule has 0 aromatic heterocycles. The van der Waals surface area contributed by atoms with Crippen molar-refractivity contribution in [1.82, 2.24) is 15.5 Å². The van der Waals surface area contributed by atoms with Crippen molar-refractivity contribution in [3.63, 3.8) is 0 Å². The molecule has 2 amide bonds. The zero-order valence-electron chi connectivity index (χ0n) is 27.6. The molecule has 1 unspecified atom stereocenters. The van der Waals surface area contributed by atoms with Gasteiger partial charge in [0.05, 0.1) is 31.2 Å². The Morgan fingerprint density at radius 3 is 2.04 bits per heavy atom. The summed E-state index contributed by atoms with van der Waals surface area (Å²) in [7, 11) is -3.90. The molecule has 1 aliphatic rings. The van der Waals surface area contributed by atoms with Crippen LogP contribution in [0, 0.1) is 5.92 Å². The van der Waals surface area contributed by atoms with Crippen molar-refractivity contribution < 1.29 is 37.5 Å². The predicted molar refractivity (Wildman–Crippen MR) is 183 cm³/mol. The van der Waals surface area contributed by atoms with Gasteiger partial charge in [0.15, 0.2) is 5.78 Å². The molecule has 0 bridgehead atoms. The van der Waals surface area contributed by atoms with Crippen LogP contribution in [-0.4, -0.2) is 80.8 Å². The second-order valence-electron chi connectivity index (χ2n) is 12.0. The fraction of sp³-hybridized carbons (Fsp3) is 0.417. The molecule has 1 heterocycles. The molecule has 48 heavy (non-hydrogen) atoms. The number of morpholine rings is 1. The first-order chi connectivity index (χ1) is 23.2. The van der Waals surface area contributed by atoms with Crippen LogP contribution in [0.15, 0.2) is 91.0 Å². The number of ketones is 1. The van der Waals surface area contributed by atoms with Gasteiger partial charge >= 0.3 is 13.7 Å². The lowest BCUT2D eigenvalue weighted by Crippen LogP contribution is -2.53. The smallest absolute Gasteiger partial charge is 0.408 e.